The van der Waals surface area contributed by atoms with Crippen LogP contribution in [0.3, 0.4) is 0 Å². The van der Waals surface area contributed by atoms with Gasteiger partial charge in [0.1, 0.15) is 11.9 Å². The van der Waals surface area contributed by atoms with Gasteiger partial charge in [0, 0.05) is 29.2 Å². The second-order valence-electron chi connectivity index (χ2n) is 7.19. The van der Waals surface area contributed by atoms with Gasteiger partial charge in [-0.25, -0.2) is 4.39 Å². The smallest absolute Gasteiger partial charge is 0.253 e. The van der Waals surface area contributed by atoms with E-state index in [4.69, 9.17) is 23.2 Å². The highest BCUT2D eigenvalue weighted by molar-refractivity contribution is 6.34. The van der Waals surface area contributed by atoms with Gasteiger partial charge >= 0.3 is 0 Å². The van der Waals surface area contributed by atoms with E-state index in [0.29, 0.717) is 5.69 Å². The fourth-order valence-corrected chi connectivity index (χ4v) is 3.82. The number of amides is 2. The normalized spacial score (nSPS) is 11.8. The summed E-state index contributed by atoms with van der Waals surface area (Å²) in [7, 11) is 0. The van der Waals surface area contributed by atoms with Crippen molar-refractivity contribution < 1.29 is 14.0 Å². The van der Waals surface area contributed by atoms with Gasteiger partial charge in [-0.3, -0.25) is 9.59 Å². The van der Waals surface area contributed by atoms with Crippen LogP contribution in [-0.2, 0) is 11.2 Å². The first kappa shape index (κ1) is 21.9. The largest absolute Gasteiger partial charge is 0.361 e. The van der Waals surface area contributed by atoms with Gasteiger partial charge in [-0.15, -0.1) is 0 Å². The van der Waals surface area contributed by atoms with Gasteiger partial charge in [-0.1, -0.05) is 53.5 Å². The summed E-state index contributed by atoms with van der Waals surface area (Å²) in [6.07, 6.45) is 2.03. The average Bonchev–Trinajstić information content (AvgIpc) is 3.19. The number of anilines is 1. The molecular weight excluding hydrogens is 452 g/mol. The second kappa shape index (κ2) is 9.42. The number of benzene rings is 3. The number of aromatic nitrogens is 1. The van der Waals surface area contributed by atoms with E-state index in [9.17, 15) is 14.0 Å². The van der Waals surface area contributed by atoms with Crippen LogP contribution in [0.25, 0.3) is 10.9 Å². The molecule has 0 spiro atoms. The third-order valence-electron chi connectivity index (χ3n) is 5.03. The number of H-pyrrole nitrogens is 1. The Morgan fingerprint density at radius 1 is 0.969 bits per heavy atom. The van der Waals surface area contributed by atoms with Gasteiger partial charge in [0.05, 0.1) is 15.6 Å². The summed E-state index contributed by atoms with van der Waals surface area (Å²) in [5, 5.41) is 6.57. The maximum Gasteiger partial charge on any atom is 0.253 e. The highest BCUT2D eigenvalue weighted by Crippen LogP contribution is 2.22. The first-order valence-corrected chi connectivity index (χ1v) is 10.5. The van der Waals surface area contributed by atoms with Crippen LogP contribution in [0, 0.1) is 5.82 Å². The molecule has 3 N–H and O–H groups in total. The first-order valence-electron chi connectivity index (χ1n) is 9.78. The van der Waals surface area contributed by atoms with Gasteiger partial charge in [-0.2, -0.15) is 0 Å². The van der Waals surface area contributed by atoms with Gasteiger partial charge in [0.25, 0.3) is 5.91 Å². The number of rotatable bonds is 6. The molecule has 3 aromatic carbocycles. The van der Waals surface area contributed by atoms with Gasteiger partial charge in [-0.05, 0) is 42.0 Å². The Labute approximate surface area is 193 Å². The maximum atomic E-state index is 13.5. The lowest BCUT2D eigenvalue weighted by Gasteiger charge is -2.19. The molecule has 1 unspecified atom stereocenters. The summed E-state index contributed by atoms with van der Waals surface area (Å²) in [4.78, 5) is 29.2. The molecule has 4 rings (SSSR count). The SMILES string of the molecule is O=C(NC(Cc1c[nH]c2ccccc12)C(=O)Nc1ccc(F)c(Cl)c1)c1ccccc1Cl. The molecule has 0 bridgehead atoms. The van der Waals surface area contributed by atoms with Crippen LogP contribution in [0.4, 0.5) is 10.1 Å². The van der Waals surface area contributed by atoms with Gasteiger partial charge in [0.2, 0.25) is 5.91 Å². The van der Waals surface area contributed by atoms with Crippen molar-refractivity contribution in [3.63, 3.8) is 0 Å². The molecule has 0 aliphatic carbocycles. The summed E-state index contributed by atoms with van der Waals surface area (Å²) in [6, 6.07) is 17.2. The van der Waals surface area contributed by atoms with E-state index in [2.05, 4.69) is 15.6 Å². The molecule has 32 heavy (non-hydrogen) atoms. The van der Waals surface area contributed by atoms with Crippen LogP contribution in [0.2, 0.25) is 10.0 Å². The molecule has 162 valence electrons. The van der Waals surface area contributed by atoms with Crippen molar-refractivity contribution in [2.45, 2.75) is 12.5 Å². The Kier molecular flexibility index (Phi) is 6.44. The zero-order valence-electron chi connectivity index (χ0n) is 16.7. The van der Waals surface area contributed by atoms with E-state index in [1.165, 1.54) is 12.1 Å². The van der Waals surface area contributed by atoms with Crippen LogP contribution in [0.15, 0.2) is 72.9 Å². The summed E-state index contributed by atoms with van der Waals surface area (Å²) in [5.41, 5.74) is 2.36. The summed E-state index contributed by atoms with van der Waals surface area (Å²) in [6.45, 7) is 0. The van der Waals surface area contributed by atoms with Crippen LogP contribution in [0.1, 0.15) is 15.9 Å². The predicted octanol–water partition coefficient (Wildman–Crippen LogP) is 5.59. The Bertz CT molecular complexity index is 1310. The minimum atomic E-state index is -0.929. The third-order valence-corrected chi connectivity index (χ3v) is 5.65. The monoisotopic (exact) mass is 469 g/mol. The van der Waals surface area contributed by atoms with E-state index in [1.807, 2.05) is 24.3 Å². The van der Waals surface area contributed by atoms with E-state index >= 15 is 0 Å². The van der Waals surface area contributed by atoms with Crippen LogP contribution < -0.4 is 10.6 Å². The number of carbonyl (C=O) groups excluding carboxylic acids is 2. The first-order chi connectivity index (χ1) is 15.4. The standard InChI is InChI=1S/C24H18Cl2FN3O2/c25-18-7-3-1-6-17(18)23(31)30-22(11-14-13-28-21-8-4-2-5-16(14)21)24(32)29-15-9-10-20(27)19(26)12-15/h1-10,12-13,22,28H,11H2,(H,29,32)(H,30,31). The number of nitrogens with one attached hydrogen (secondary N) is 3. The van der Waals surface area contributed by atoms with Gasteiger partial charge in [0.15, 0.2) is 0 Å². The zero-order chi connectivity index (χ0) is 22.7. The van der Waals surface area contributed by atoms with E-state index in [-0.39, 0.29) is 22.0 Å². The number of carbonyl (C=O) groups is 2. The van der Waals surface area contributed by atoms with E-state index in [0.717, 1.165) is 22.5 Å². The lowest BCUT2D eigenvalue weighted by Crippen LogP contribution is -2.45. The lowest BCUT2D eigenvalue weighted by atomic mass is 10.0. The molecule has 0 radical (unpaired) electrons. The van der Waals surface area contributed by atoms with E-state index in [1.54, 1.807) is 30.5 Å². The fourth-order valence-electron chi connectivity index (χ4n) is 3.41. The number of hydrogen-bond acceptors (Lipinski definition) is 2. The van der Waals surface area contributed by atoms with Gasteiger partial charge < -0.3 is 15.6 Å². The molecule has 0 fully saturated rings. The third kappa shape index (κ3) is 4.77. The number of fused-ring (bicyclic) bond motifs is 1. The number of hydrogen-bond donors (Lipinski definition) is 3. The second-order valence-corrected chi connectivity index (χ2v) is 8.00. The fraction of sp³-hybridized carbons (Fsp3) is 0.0833. The molecule has 0 saturated carbocycles. The minimum Gasteiger partial charge on any atom is -0.361 e. The molecule has 1 atom stereocenters. The molecule has 0 aliphatic heterocycles. The van der Waals surface area contributed by atoms with Crippen LogP contribution >= 0.6 is 23.2 Å². The average molecular weight is 470 g/mol. The Balaban J connectivity index is 1.62. The van der Waals surface area contributed by atoms with Crippen molar-refractivity contribution in [3.05, 3.63) is 99.9 Å². The van der Waals surface area contributed by atoms with Crippen molar-refractivity contribution in [1.29, 1.82) is 0 Å². The van der Waals surface area contributed by atoms with Crippen molar-refractivity contribution >= 4 is 51.6 Å². The zero-order valence-corrected chi connectivity index (χ0v) is 18.2. The van der Waals surface area contributed by atoms with Crippen LogP contribution in [-0.4, -0.2) is 22.8 Å². The highest BCUT2D eigenvalue weighted by Gasteiger charge is 2.24. The van der Waals surface area contributed by atoms with Crippen molar-refractivity contribution in [2.75, 3.05) is 5.32 Å². The highest BCUT2D eigenvalue weighted by atomic mass is 35.5. The lowest BCUT2D eigenvalue weighted by molar-refractivity contribution is -0.118. The molecule has 4 aromatic rings. The maximum absolute atomic E-state index is 13.5. The number of aromatic amines is 1. The quantitative estimate of drug-likeness (QED) is 0.344. The molecule has 8 heteroatoms. The molecule has 2 amide bonds. The van der Waals surface area contributed by atoms with Crippen molar-refractivity contribution in [2.24, 2.45) is 0 Å². The van der Waals surface area contributed by atoms with Crippen molar-refractivity contribution in [1.82, 2.24) is 10.3 Å². The summed E-state index contributed by atoms with van der Waals surface area (Å²) in [5.74, 6) is -1.54. The Morgan fingerprint density at radius 2 is 1.72 bits per heavy atom. The van der Waals surface area contributed by atoms with Crippen LogP contribution in [0.5, 0.6) is 0 Å². The molecule has 0 saturated heterocycles. The minimum absolute atomic E-state index is 0.115. The Hall–Kier alpha value is -3.35. The number of para-hydroxylation sites is 1. The molecular formula is C24H18Cl2FN3O2. The predicted molar refractivity (Wildman–Crippen MR) is 125 cm³/mol. The van der Waals surface area contributed by atoms with Crippen molar-refractivity contribution in [3.8, 4) is 0 Å². The topological polar surface area (TPSA) is 74.0 Å². The molecule has 1 aromatic heterocycles. The van der Waals surface area contributed by atoms with E-state index < -0.39 is 23.7 Å². The molecule has 1 heterocycles. The molecule has 0 aliphatic rings. The Morgan fingerprint density at radius 3 is 2.50 bits per heavy atom. The summed E-state index contributed by atoms with van der Waals surface area (Å²) < 4.78 is 13.5. The number of halogens is 3. The molecule has 5 nitrogen and oxygen atoms in total. The summed E-state index contributed by atoms with van der Waals surface area (Å²) >= 11 is 12.0.